The number of nitrogens with two attached hydrogens (primary N) is 1. The molecule has 1 saturated carbocycles. The molecule has 1 aromatic heterocycles. The van der Waals surface area contributed by atoms with Crippen LogP contribution in [0.25, 0.3) is 0 Å². The summed E-state index contributed by atoms with van der Waals surface area (Å²) in [6.45, 7) is 2.02. The molecule has 17 heavy (non-hydrogen) atoms. The first-order valence-electron chi connectivity index (χ1n) is 6.22. The number of nitrogens with one attached hydrogen (secondary N) is 1. The highest BCUT2D eigenvalue weighted by atomic mass is 32.2. The maximum atomic E-state index is 6.05. The molecular weight excluding hydrogens is 230 g/mol. The van der Waals surface area contributed by atoms with Crippen LogP contribution in [-0.2, 0) is 0 Å². The Morgan fingerprint density at radius 2 is 2.18 bits per heavy atom. The van der Waals surface area contributed by atoms with Crippen molar-refractivity contribution in [3.05, 3.63) is 17.8 Å². The molecule has 0 aliphatic heterocycles. The van der Waals surface area contributed by atoms with Gasteiger partial charge in [-0.2, -0.15) is 11.8 Å². The third-order valence-electron chi connectivity index (χ3n) is 3.54. The molecule has 2 atom stereocenters. The molecule has 0 saturated heterocycles. The SMILES string of the molecule is CSC1CCCCC1Nc1nccc(C)c1N. The van der Waals surface area contributed by atoms with Gasteiger partial charge in [0, 0.05) is 17.5 Å². The Bertz CT molecular complexity index is 381. The van der Waals surface area contributed by atoms with Gasteiger partial charge in [0.25, 0.3) is 0 Å². The monoisotopic (exact) mass is 251 g/mol. The summed E-state index contributed by atoms with van der Waals surface area (Å²) >= 11 is 1.95. The zero-order chi connectivity index (χ0) is 12.3. The zero-order valence-corrected chi connectivity index (χ0v) is 11.4. The van der Waals surface area contributed by atoms with Gasteiger partial charge in [0.1, 0.15) is 5.82 Å². The molecule has 0 aromatic carbocycles. The van der Waals surface area contributed by atoms with Crippen molar-refractivity contribution in [2.45, 2.75) is 43.9 Å². The summed E-state index contributed by atoms with van der Waals surface area (Å²) in [6.07, 6.45) is 9.19. The van der Waals surface area contributed by atoms with Crippen molar-refractivity contribution in [3.63, 3.8) is 0 Å². The van der Waals surface area contributed by atoms with Gasteiger partial charge < -0.3 is 11.1 Å². The Morgan fingerprint density at radius 1 is 1.41 bits per heavy atom. The fourth-order valence-electron chi connectivity index (χ4n) is 2.40. The van der Waals surface area contributed by atoms with Gasteiger partial charge in [-0.05, 0) is 37.7 Å². The third kappa shape index (κ3) is 2.86. The summed E-state index contributed by atoms with van der Waals surface area (Å²) in [5.74, 6) is 0.857. The van der Waals surface area contributed by atoms with Crippen molar-refractivity contribution in [1.29, 1.82) is 0 Å². The van der Waals surface area contributed by atoms with Crippen molar-refractivity contribution in [3.8, 4) is 0 Å². The first kappa shape index (κ1) is 12.6. The Hall–Kier alpha value is -0.900. The molecule has 2 rings (SSSR count). The second-order valence-corrected chi connectivity index (χ2v) is 5.78. The van der Waals surface area contributed by atoms with E-state index in [2.05, 4.69) is 16.6 Å². The Morgan fingerprint density at radius 3 is 2.94 bits per heavy atom. The number of nitrogens with zero attached hydrogens (tertiary/aromatic N) is 1. The molecule has 4 heteroatoms. The highest BCUT2D eigenvalue weighted by Gasteiger charge is 2.24. The van der Waals surface area contributed by atoms with E-state index in [9.17, 15) is 0 Å². The fourth-order valence-corrected chi connectivity index (χ4v) is 3.34. The number of nitrogen functional groups attached to an aromatic ring is 1. The average molecular weight is 251 g/mol. The number of pyridine rings is 1. The van der Waals surface area contributed by atoms with Crippen LogP contribution in [0.3, 0.4) is 0 Å². The van der Waals surface area contributed by atoms with Crippen molar-refractivity contribution >= 4 is 23.3 Å². The minimum absolute atomic E-state index is 0.510. The molecule has 94 valence electrons. The van der Waals surface area contributed by atoms with Crippen LogP contribution in [0.1, 0.15) is 31.2 Å². The number of aromatic nitrogens is 1. The predicted molar refractivity (Wildman–Crippen MR) is 76.6 cm³/mol. The van der Waals surface area contributed by atoms with E-state index in [0.717, 1.165) is 17.1 Å². The minimum Gasteiger partial charge on any atom is -0.396 e. The van der Waals surface area contributed by atoms with Crippen LogP contribution >= 0.6 is 11.8 Å². The molecule has 3 N–H and O–H groups in total. The van der Waals surface area contributed by atoms with E-state index >= 15 is 0 Å². The van der Waals surface area contributed by atoms with Crippen LogP contribution in [-0.4, -0.2) is 22.5 Å². The van der Waals surface area contributed by atoms with E-state index in [-0.39, 0.29) is 0 Å². The first-order valence-corrected chi connectivity index (χ1v) is 7.51. The zero-order valence-electron chi connectivity index (χ0n) is 10.6. The van der Waals surface area contributed by atoms with E-state index in [0.29, 0.717) is 11.3 Å². The lowest BCUT2D eigenvalue weighted by atomic mass is 9.95. The number of aryl methyl sites for hydroxylation is 1. The van der Waals surface area contributed by atoms with Crippen molar-refractivity contribution < 1.29 is 0 Å². The Labute approximate surface area is 108 Å². The number of thioether (sulfide) groups is 1. The molecule has 3 nitrogen and oxygen atoms in total. The molecule has 1 aliphatic carbocycles. The summed E-state index contributed by atoms with van der Waals surface area (Å²) < 4.78 is 0. The molecule has 1 heterocycles. The largest absolute Gasteiger partial charge is 0.396 e. The quantitative estimate of drug-likeness (QED) is 0.867. The van der Waals surface area contributed by atoms with Crippen molar-refractivity contribution in [1.82, 2.24) is 4.98 Å². The van der Waals surface area contributed by atoms with Gasteiger partial charge in [0.05, 0.1) is 5.69 Å². The minimum atomic E-state index is 0.510. The van der Waals surface area contributed by atoms with Crippen LogP contribution in [0.15, 0.2) is 12.3 Å². The van der Waals surface area contributed by atoms with E-state index in [1.807, 2.05) is 30.9 Å². The molecule has 1 aromatic rings. The fraction of sp³-hybridized carbons (Fsp3) is 0.615. The number of rotatable bonds is 3. The molecular formula is C13H21N3S. The van der Waals surface area contributed by atoms with Gasteiger partial charge in [-0.3, -0.25) is 0 Å². The summed E-state index contributed by atoms with van der Waals surface area (Å²) in [4.78, 5) is 4.36. The number of anilines is 2. The summed E-state index contributed by atoms with van der Waals surface area (Å²) in [7, 11) is 0. The highest BCUT2D eigenvalue weighted by molar-refractivity contribution is 7.99. The van der Waals surface area contributed by atoms with E-state index in [1.54, 1.807) is 0 Å². The summed E-state index contributed by atoms with van der Waals surface area (Å²) in [5.41, 5.74) is 7.94. The lowest BCUT2D eigenvalue weighted by Crippen LogP contribution is -2.34. The third-order valence-corrected chi connectivity index (χ3v) is 4.71. The Kier molecular flexibility index (Phi) is 4.15. The van der Waals surface area contributed by atoms with Crippen LogP contribution in [0.4, 0.5) is 11.5 Å². The van der Waals surface area contributed by atoms with E-state index in [4.69, 9.17) is 5.73 Å². The van der Waals surface area contributed by atoms with Crippen LogP contribution < -0.4 is 11.1 Å². The van der Waals surface area contributed by atoms with E-state index < -0.39 is 0 Å². The molecule has 1 fully saturated rings. The highest BCUT2D eigenvalue weighted by Crippen LogP contribution is 2.30. The van der Waals surface area contributed by atoms with Gasteiger partial charge in [-0.15, -0.1) is 0 Å². The average Bonchev–Trinajstić information content (AvgIpc) is 2.35. The maximum absolute atomic E-state index is 6.05. The Balaban J connectivity index is 2.11. The standard InChI is InChI=1S/C13H21N3S/c1-9-7-8-15-13(12(9)14)16-10-5-3-4-6-11(10)17-2/h7-8,10-11H,3-6,14H2,1-2H3,(H,15,16). The molecule has 0 radical (unpaired) electrons. The van der Waals surface area contributed by atoms with Gasteiger partial charge in [-0.1, -0.05) is 12.8 Å². The molecule has 0 spiro atoms. The number of hydrogen-bond donors (Lipinski definition) is 2. The summed E-state index contributed by atoms with van der Waals surface area (Å²) in [5, 5.41) is 4.22. The normalized spacial score (nSPS) is 24.6. The smallest absolute Gasteiger partial charge is 0.149 e. The van der Waals surface area contributed by atoms with Crippen molar-refractivity contribution in [2.75, 3.05) is 17.3 Å². The topological polar surface area (TPSA) is 50.9 Å². The predicted octanol–water partition coefficient (Wildman–Crippen LogP) is 3.06. The van der Waals surface area contributed by atoms with E-state index in [1.165, 1.54) is 25.7 Å². The first-order chi connectivity index (χ1) is 8.22. The number of hydrogen-bond acceptors (Lipinski definition) is 4. The second kappa shape index (κ2) is 5.63. The lowest BCUT2D eigenvalue weighted by molar-refractivity contribution is 0.474. The molecule has 2 unspecified atom stereocenters. The van der Waals surface area contributed by atoms with Crippen LogP contribution in [0.2, 0.25) is 0 Å². The van der Waals surface area contributed by atoms with Crippen molar-refractivity contribution in [2.24, 2.45) is 0 Å². The molecule has 1 aliphatic rings. The maximum Gasteiger partial charge on any atom is 0.149 e. The molecule has 0 amide bonds. The lowest BCUT2D eigenvalue weighted by Gasteiger charge is -2.31. The van der Waals surface area contributed by atoms with Gasteiger partial charge in [0.15, 0.2) is 0 Å². The molecule has 0 bridgehead atoms. The van der Waals surface area contributed by atoms with Crippen LogP contribution in [0.5, 0.6) is 0 Å². The van der Waals surface area contributed by atoms with Crippen LogP contribution in [0, 0.1) is 6.92 Å². The second-order valence-electron chi connectivity index (χ2n) is 4.70. The van der Waals surface area contributed by atoms with Gasteiger partial charge >= 0.3 is 0 Å². The van der Waals surface area contributed by atoms with Gasteiger partial charge in [0.2, 0.25) is 0 Å². The van der Waals surface area contributed by atoms with Gasteiger partial charge in [-0.25, -0.2) is 4.98 Å². The summed E-state index contributed by atoms with van der Waals surface area (Å²) in [6, 6.07) is 2.46.